The Hall–Kier alpha value is -0.576. The molecule has 0 aromatic heterocycles. The van der Waals surface area contributed by atoms with Crippen LogP contribution in [0.4, 0.5) is 0 Å². The Bertz CT molecular complexity index is 532. The summed E-state index contributed by atoms with van der Waals surface area (Å²) in [5.41, 5.74) is 1.36. The Kier molecular flexibility index (Phi) is 8.57. The number of rotatable bonds is 2. The fraction of sp³-hybridized carbons (Fsp3) is 0.400. The van der Waals surface area contributed by atoms with Gasteiger partial charge in [0.25, 0.3) is 0 Å². The summed E-state index contributed by atoms with van der Waals surface area (Å²) in [6.07, 6.45) is 2.11. The molecule has 3 nitrogen and oxygen atoms in total. The molecule has 0 unspecified atom stereocenters. The molecule has 125 valence electrons. The van der Waals surface area contributed by atoms with Crippen LogP contribution in [0, 0.1) is 6.07 Å². The third-order valence-corrected chi connectivity index (χ3v) is 4.45. The van der Waals surface area contributed by atoms with E-state index >= 15 is 0 Å². The van der Waals surface area contributed by atoms with Crippen molar-refractivity contribution >= 4 is 0 Å². The summed E-state index contributed by atoms with van der Waals surface area (Å²) >= 11 is 0. The van der Waals surface area contributed by atoms with Crippen molar-refractivity contribution < 1.29 is 37.4 Å². The normalized spacial score (nSPS) is 19.2. The van der Waals surface area contributed by atoms with Gasteiger partial charge < -0.3 is 10.1 Å². The molecule has 2 saturated heterocycles. The van der Waals surface area contributed by atoms with Gasteiger partial charge in [-0.3, -0.25) is 4.90 Å². The van der Waals surface area contributed by atoms with Gasteiger partial charge in [-0.1, -0.05) is 30.3 Å². The van der Waals surface area contributed by atoms with Gasteiger partial charge in [0.1, 0.15) is 5.72 Å². The molecule has 1 radical (unpaired) electrons. The van der Waals surface area contributed by atoms with E-state index in [0.29, 0.717) is 0 Å². The number of benzene rings is 2. The third-order valence-electron chi connectivity index (χ3n) is 4.45. The van der Waals surface area contributed by atoms with Crippen molar-refractivity contribution in [3.05, 3.63) is 77.6 Å². The van der Waals surface area contributed by atoms with E-state index < -0.39 is 0 Å². The van der Waals surface area contributed by atoms with E-state index in [4.69, 9.17) is 4.74 Å². The van der Waals surface area contributed by atoms with E-state index in [-0.39, 0.29) is 38.4 Å². The fourth-order valence-corrected chi connectivity index (χ4v) is 3.21. The molecule has 2 heterocycles. The minimum atomic E-state index is -0.0163. The van der Waals surface area contributed by atoms with Gasteiger partial charge in [0.2, 0.25) is 0 Å². The molecule has 2 fully saturated rings. The van der Waals surface area contributed by atoms with Crippen molar-refractivity contribution in [3.8, 4) is 0 Å². The van der Waals surface area contributed by atoms with Gasteiger partial charge in [-0.15, -0.1) is 13.1 Å². The van der Waals surface area contributed by atoms with E-state index in [9.17, 15) is 0 Å². The maximum Gasteiger partial charge on any atom is 0.118 e. The molecule has 0 saturated carbocycles. The predicted octanol–water partition coefficient (Wildman–Crippen LogP) is 3.87. The van der Waals surface area contributed by atoms with E-state index in [2.05, 4.69) is 46.6 Å². The van der Waals surface area contributed by atoms with E-state index in [1.165, 1.54) is 5.56 Å². The SMILES string of the molecule is [Y].[c-]1ccccc1.c1ccc(CN2CCOC23CC[N-]CC3)cc1. The molecule has 0 bridgehead atoms. The summed E-state index contributed by atoms with van der Waals surface area (Å²) in [6.45, 7) is 4.82. The Labute approximate surface area is 170 Å². The molecule has 2 aromatic carbocycles. The zero-order valence-corrected chi connectivity index (χ0v) is 16.9. The first-order chi connectivity index (χ1) is 11.4. The van der Waals surface area contributed by atoms with Gasteiger partial charge in [-0.2, -0.15) is 36.4 Å². The van der Waals surface area contributed by atoms with Crippen LogP contribution in [0.1, 0.15) is 18.4 Å². The Morgan fingerprint density at radius 3 is 2.25 bits per heavy atom. The van der Waals surface area contributed by atoms with Gasteiger partial charge in [0, 0.05) is 45.8 Å². The molecule has 4 rings (SSSR count). The summed E-state index contributed by atoms with van der Waals surface area (Å²) in [5, 5.41) is 4.43. The smallest absolute Gasteiger partial charge is 0.118 e. The van der Waals surface area contributed by atoms with Crippen LogP contribution >= 0.6 is 0 Å². The van der Waals surface area contributed by atoms with Crippen LogP contribution < -0.4 is 0 Å². The largest absolute Gasteiger partial charge is 0.662 e. The van der Waals surface area contributed by atoms with Gasteiger partial charge in [-0.05, 0) is 18.4 Å². The molecule has 2 aromatic rings. The molecule has 2 aliphatic heterocycles. The maximum absolute atomic E-state index is 6.03. The van der Waals surface area contributed by atoms with Crippen molar-refractivity contribution in [2.45, 2.75) is 25.1 Å². The molecule has 0 atom stereocenters. The molecule has 0 N–H and O–H groups in total. The average molecular weight is 397 g/mol. The molecular weight excluding hydrogens is 373 g/mol. The molecule has 0 aliphatic carbocycles. The molecular formula is C20H24N2OY-2. The van der Waals surface area contributed by atoms with Crippen LogP contribution in [0.25, 0.3) is 5.32 Å². The Morgan fingerprint density at radius 1 is 1.00 bits per heavy atom. The van der Waals surface area contributed by atoms with Crippen molar-refractivity contribution in [2.24, 2.45) is 0 Å². The van der Waals surface area contributed by atoms with Crippen LogP contribution in [0.2, 0.25) is 0 Å². The first-order valence-electron chi connectivity index (χ1n) is 8.36. The molecule has 1 spiro atoms. The number of nitrogens with zero attached hydrogens (tertiary/aromatic N) is 2. The second-order valence-corrected chi connectivity index (χ2v) is 5.95. The van der Waals surface area contributed by atoms with Crippen LogP contribution in [0.5, 0.6) is 0 Å². The fourth-order valence-electron chi connectivity index (χ4n) is 3.21. The summed E-state index contributed by atoms with van der Waals surface area (Å²) in [5.74, 6) is 0. The second kappa shape index (κ2) is 10.4. The van der Waals surface area contributed by atoms with Gasteiger partial charge in [0.15, 0.2) is 0 Å². The average Bonchev–Trinajstić information content (AvgIpc) is 3.00. The first kappa shape index (κ1) is 19.7. The number of piperidine rings is 1. The summed E-state index contributed by atoms with van der Waals surface area (Å²) < 4.78 is 6.03. The second-order valence-electron chi connectivity index (χ2n) is 5.95. The zero-order valence-electron chi connectivity index (χ0n) is 14.1. The predicted molar refractivity (Wildman–Crippen MR) is 93.1 cm³/mol. The molecule has 4 heteroatoms. The summed E-state index contributed by atoms with van der Waals surface area (Å²) in [7, 11) is 0. The van der Waals surface area contributed by atoms with Crippen molar-refractivity contribution in [1.29, 1.82) is 0 Å². The zero-order chi connectivity index (χ0) is 15.8. The van der Waals surface area contributed by atoms with Crippen molar-refractivity contribution in [2.75, 3.05) is 26.2 Å². The topological polar surface area (TPSA) is 26.6 Å². The van der Waals surface area contributed by atoms with Crippen LogP contribution in [0.3, 0.4) is 0 Å². The number of hydrogen-bond donors (Lipinski definition) is 0. The monoisotopic (exact) mass is 397 g/mol. The number of hydrogen-bond acceptors (Lipinski definition) is 2. The van der Waals surface area contributed by atoms with E-state index in [1.807, 2.05) is 30.3 Å². The van der Waals surface area contributed by atoms with E-state index in [0.717, 1.165) is 45.6 Å². The Balaban J connectivity index is 0.000000254. The minimum Gasteiger partial charge on any atom is -0.662 e. The quantitative estimate of drug-likeness (QED) is 0.720. The Morgan fingerprint density at radius 2 is 1.67 bits per heavy atom. The van der Waals surface area contributed by atoms with Crippen LogP contribution in [-0.4, -0.2) is 36.9 Å². The minimum absolute atomic E-state index is 0. The first-order valence-corrected chi connectivity index (χ1v) is 8.36. The van der Waals surface area contributed by atoms with Gasteiger partial charge in [-0.25, -0.2) is 0 Å². The summed E-state index contributed by atoms with van der Waals surface area (Å²) in [4.78, 5) is 2.50. The van der Waals surface area contributed by atoms with E-state index in [1.54, 1.807) is 0 Å². The molecule has 24 heavy (non-hydrogen) atoms. The molecule has 2 aliphatic rings. The summed E-state index contributed by atoms with van der Waals surface area (Å²) in [6, 6.07) is 23.2. The molecule has 0 amide bonds. The third kappa shape index (κ3) is 5.47. The van der Waals surface area contributed by atoms with Crippen LogP contribution in [0.15, 0.2) is 60.7 Å². The van der Waals surface area contributed by atoms with Gasteiger partial charge in [0.05, 0.1) is 6.61 Å². The van der Waals surface area contributed by atoms with Crippen LogP contribution in [-0.2, 0) is 44.0 Å². The van der Waals surface area contributed by atoms with Crippen molar-refractivity contribution in [3.63, 3.8) is 0 Å². The van der Waals surface area contributed by atoms with Crippen molar-refractivity contribution in [1.82, 2.24) is 4.90 Å². The maximum atomic E-state index is 6.03. The number of ether oxygens (including phenoxy) is 1. The van der Waals surface area contributed by atoms with Gasteiger partial charge >= 0.3 is 0 Å². The standard InChI is InChI=1S/C14H19N2O.C6H5.Y/c1-2-4-13(5-3-1)12-16-10-11-17-14(16)6-8-15-9-7-14;1-2-4-6-5-3-1;/h1-5H,6-12H2;1-5H;/q2*-1;.